The molecule has 2 aromatic rings. The Morgan fingerprint density at radius 2 is 1.97 bits per heavy atom. The fourth-order valence-corrected chi connectivity index (χ4v) is 2.56. The van der Waals surface area contributed by atoms with E-state index < -0.39 is 0 Å². The number of para-hydroxylation sites is 2. The van der Waals surface area contributed by atoms with Crippen LogP contribution in [0.15, 0.2) is 48.6 Å². The smallest absolute Gasteiger partial charge is 0.231 e. The van der Waals surface area contributed by atoms with Crippen LogP contribution in [0.3, 0.4) is 0 Å². The molecule has 9 heteroatoms. The number of aromatic nitrogens is 2. The number of ether oxygens (including phenoxy) is 1. The minimum absolute atomic E-state index is 0.0459. The normalized spacial score (nSPS) is 10.9. The molecule has 0 bridgehead atoms. The van der Waals surface area contributed by atoms with Gasteiger partial charge in [-0.25, -0.2) is 0 Å². The molecule has 0 saturated heterocycles. The number of anilines is 4. The van der Waals surface area contributed by atoms with E-state index in [1.165, 1.54) is 0 Å². The topological polar surface area (TPSA) is 138 Å². The molecular formula is C21H27N7O2. The van der Waals surface area contributed by atoms with Gasteiger partial charge >= 0.3 is 0 Å². The molecule has 1 aromatic carbocycles. The first kappa shape index (κ1) is 22.4. The fraction of sp³-hybridized carbons (Fsp3) is 0.238. The lowest BCUT2D eigenvalue weighted by molar-refractivity contribution is -0.119. The quantitative estimate of drug-likeness (QED) is 0.300. The number of carbonyl (C=O) groups excluding carboxylic acids is 1. The Morgan fingerprint density at radius 1 is 1.23 bits per heavy atom. The maximum absolute atomic E-state index is 11.2. The Hall–Kier alpha value is -3.88. The van der Waals surface area contributed by atoms with E-state index in [0.717, 1.165) is 0 Å². The zero-order chi connectivity index (χ0) is 21.9. The number of amides is 1. The van der Waals surface area contributed by atoms with Crippen molar-refractivity contribution >= 4 is 34.9 Å². The molecule has 2 rings (SSSR count). The molecule has 0 aliphatic heterocycles. The molecule has 30 heavy (non-hydrogen) atoms. The molecule has 0 aliphatic carbocycles. The number of methoxy groups -OCH3 is 1. The van der Waals surface area contributed by atoms with E-state index in [0.29, 0.717) is 41.7 Å². The molecule has 6 N–H and O–H groups in total. The molecule has 0 saturated carbocycles. The zero-order valence-electron chi connectivity index (χ0n) is 17.3. The Morgan fingerprint density at radius 3 is 2.67 bits per heavy atom. The van der Waals surface area contributed by atoms with Crippen LogP contribution in [-0.2, 0) is 4.79 Å². The van der Waals surface area contributed by atoms with E-state index in [1.807, 2.05) is 36.4 Å². The highest BCUT2D eigenvalue weighted by Gasteiger charge is 2.15. The lowest BCUT2D eigenvalue weighted by Gasteiger charge is -2.15. The van der Waals surface area contributed by atoms with Crippen LogP contribution in [0.1, 0.15) is 18.9 Å². The van der Waals surface area contributed by atoms with Gasteiger partial charge in [0.25, 0.3) is 0 Å². The highest BCUT2D eigenvalue weighted by atomic mass is 16.5. The molecule has 1 amide bonds. The molecule has 158 valence electrons. The van der Waals surface area contributed by atoms with Crippen molar-refractivity contribution in [1.82, 2.24) is 15.3 Å². The van der Waals surface area contributed by atoms with Crippen LogP contribution in [0.25, 0.3) is 0 Å². The molecule has 9 nitrogen and oxygen atoms in total. The zero-order valence-corrected chi connectivity index (χ0v) is 17.3. The van der Waals surface area contributed by atoms with Crippen molar-refractivity contribution in [2.45, 2.75) is 13.3 Å². The molecule has 0 atom stereocenters. The molecule has 0 aliphatic rings. The Labute approximate surface area is 176 Å². The third kappa shape index (κ3) is 6.33. The van der Waals surface area contributed by atoms with Crippen LogP contribution in [0.4, 0.5) is 23.3 Å². The largest absolute Gasteiger partial charge is 0.495 e. The second-order valence-corrected chi connectivity index (χ2v) is 6.22. The van der Waals surface area contributed by atoms with E-state index in [-0.39, 0.29) is 17.4 Å². The molecule has 1 aromatic heterocycles. The Balaban J connectivity index is 2.15. The van der Waals surface area contributed by atoms with Crippen LogP contribution >= 0.6 is 0 Å². The molecule has 0 radical (unpaired) electrons. The number of nitrogens with two attached hydrogens (primary N) is 1. The lowest BCUT2D eigenvalue weighted by atomic mass is 10.2. The summed E-state index contributed by atoms with van der Waals surface area (Å²) in [5, 5.41) is 16.8. The highest BCUT2D eigenvalue weighted by molar-refractivity contribution is 6.04. The van der Waals surface area contributed by atoms with Gasteiger partial charge in [0.15, 0.2) is 0 Å². The van der Waals surface area contributed by atoms with Gasteiger partial charge in [0.05, 0.1) is 18.4 Å². The van der Waals surface area contributed by atoms with Crippen LogP contribution < -0.4 is 26.4 Å². The van der Waals surface area contributed by atoms with Crippen LogP contribution in [0.5, 0.6) is 5.75 Å². The van der Waals surface area contributed by atoms with Gasteiger partial charge in [0.1, 0.15) is 17.4 Å². The predicted molar refractivity (Wildman–Crippen MR) is 121 cm³/mol. The number of rotatable bonds is 10. The summed E-state index contributed by atoms with van der Waals surface area (Å²) in [6.07, 6.45) is 7.58. The van der Waals surface area contributed by atoms with Gasteiger partial charge < -0.3 is 31.8 Å². The third-order valence-corrected chi connectivity index (χ3v) is 4.02. The van der Waals surface area contributed by atoms with Gasteiger partial charge in [0.2, 0.25) is 11.9 Å². The first-order valence-corrected chi connectivity index (χ1v) is 9.35. The summed E-state index contributed by atoms with van der Waals surface area (Å²) in [7, 11) is 3.18. The van der Waals surface area contributed by atoms with Gasteiger partial charge in [-0.15, -0.1) is 0 Å². The van der Waals surface area contributed by atoms with Crippen molar-refractivity contribution < 1.29 is 9.53 Å². The fourth-order valence-electron chi connectivity index (χ4n) is 2.56. The number of carbonyl (C=O) groups is 1. The van der Waals surface area contributed by atoms with Crippen molar-refractivity contribution in [3.8, 4) is 5.75 Å². The van der Waals surface area contributed by atoms with Gasteiger partial charge in [-0.05, 0) is 19.1 Å². The monoisotopic (exact) mass is 409 g/mol. The van der Waals surface area contributed by atoms with Crippen molar-refractivity contribution in [2.24, 2.45) is 0 Å². The summed E-state index contributed by atoms with van der Waals surface area (Å²) in [4.78, 5) is 19.9. The summed E-state index contributed by atoms with van der Waals surface area (Å²) in [5.74, 6) is 1.54. The van der Waals surface area contributed by atoms with Crippen LogP contribution in [-0.4, -0.2) is 42.3 Å². The third-order valence-electron chi connectivity index (χ3n) is 4.02. The first-order chi connectivity index (χ1) is 14.5. The second-order valence-electron chi connectivity index (χ2n) is 6.22. The van der Waals surface area contributed by atoms with E-state index in [2.05, 4.69) is 25.9 Å². The summed E-state index contributed by atoms with van der Waals surface area (Å²) in [6.45, 7) is 2.08. The number of nitrogen functional groups attached to an aromatic ring is 1. The number of nitrogens with zero attached hydrogens (tertiary/aromatic N) is 2. The van der Waals surface area contributed by atoms with E-state index in [4.69, 9.17) is 15.9 Å². The van der Waals surface area contributed by atoms with Gasteiger partial charge in [-0.1, -0.05) is 36.4 Å². The summed E-state index contributed by atoms with van der Waals surface area (Å²) in [5.41, 5.74) is 7.49. The van der Waals surface area contributed by atoms with Crippen molar-refractivity contribution in [3.05, 3.63) is 54.1 Å². The van der Waals surface area contributed by atoms with Crippen molar-refractivity contribution in [1.29, 1.82) is 5.41 Å². The lowest BCUT2D eigenvalue weighted by Crippen LogP contribution is -2.15. The predicted octanol–water partition coefficient (Wildman–Crippen LogP) is 2.86. The minimum Gasteiger partial charge on any atom is -0.495 e. The highest BCUT2D eigenvalue weighted by Crippen LogP contribution is 2.28. The number of hydrogen-bond donors (Lipinski definition) is 5. The summed E-state index contributed by atoms with van der Waals surface area (Å²) in [6, 6.07) is 7.40. The maximum atomic E-state index is 11.2. The maximum Gasteiger partial charge on any atom is 0.231 e. The SMILES string of the molecule is CNC(=O)C/C=C\C=C/CNc1nc(Nc2ccccc2OC)nc(N)c1C(C)=N. The molecule has 0 spiro atoms. The number of hydrogen-bond acceptors (Lipinski definition) is 8. The van der Waals surface area contributed by atoms with Gasteiger partial charge in [-0.2, -0.15) is 9.97 Å². The summed E-state index contributed by atoms with van der Waals surface area (Å²) >= 11 is 0. The number of allylic oxidation sites excluding steroid dienone is 2. The molecule has 0 fully saturated rings. The van der Waals surface area contributed by atoms with Crippen LogP contribution in [0.2, 0.25) is 0 Å². The Bertz CT molecular complexity index is 954. The Kier molecular flexibility index (Phi) is 8.37. The average Bonchev–Trinajstić information content (AvgIpc) is 2.72. The van der Waals surface area contributed by atoms with Crippen molar-refractivity contribution in [2.75, 3.05) is 37.1 Å². The van der Waals surface area contributed by atoms with Crippen LogP contribution in [0, 0.1) is 5.41 Å². The van der Waals surface area contributed by atoms with Gasteiger partial charge in [0, 0.05) is 25.7 Å². The minimum atomic E-state index is -0.0459. The second kappa shape index (κ2) is 11.2. The van der Waals surface area contributed by atoms with Crippen molar-refractivity contribution in [3.63, 3.8) is 0 Å². The average molecular weight is 409 g/mol. The molecular weight excluding hydrogens is 382 g/mol. The summed E-state index contributed by atoms with van der Waals surface area (Å²) < 4.78 is 5.33. The number of nitrogens with one attached hydrogen (secondary N) is 4. The van der Waals surface area contributed by atoms with E-state index in [9.17, 15) is 4.79 Å². The molecule has 0 unspecified atom stereocenters. The first-order valence-electron chi connectivity index (χ1n) is 9.35. The van der Waals surface area contributed by atoms with E-state index >= 15 is 0 Å². The standard InChI is InChI=1S/C21H27N7O2/c1-14(22)18-19(23)27-21(26-15-10-7-8-11-16(15)30-3)28-20(18)25-13-9-5-4-6-12-17(29)24-2/h4-11,22H,12-13H2,1-3H3,(H,24,29)(H4,23,25,26,27,28)/b6-4-,9-5-,22-14?. The van der Waals surface area contributed by atoms with E-state index in [1.54, 1.807) is 33.2 Å². The molecule has 1 heterocycles. The van der Waals surface area contributed by atoms with Gasteiger partial charge in [-0.3, -0.25) is 4.79 Å². The number of benzene rings is 1.